The Labute approximate surface area is 104 Å². The maximum atomic E-state index is 4.52. The Hall–Kier alpha value is -0.870. The van der Waals surface area contributed by atoms with Gasteiger partial charge in [-0.3, -0.25) is 9.58 Å². The van der Waals surface area contributed by atoms with Gasteiger partial charge < -0.3 is 5.32 Å². The maximum absolute atomic E-state index is 4.52. The summed E-state index contributed by atoms with van der Waals surface area (Å²) < 4.78 is 2.12. The van der Waals surface area contributed by atoms with Gasteiger partial charge in [0.15, 0.2) is 0 Å². The molecule has 1 N–H and O–H groups in total. The van der Waals surface area contributed by atoms with E-state index in [9.17, 15) is 0 Å². The van der Waals surface area contributed by atoms with Crippen LogP contribution in [0.4, 0.5) is 0 Å². The van der Waals surface area contributed by atoms with Crippen LogP contribution in [0.1, 0.15) is 32.2 Å². The molecule has 4 nitrogen and oxygen atoms in total. The predicted octanol–water partition coefficient (Wildman–Crippen LogP) is 1.40. The quantitative estimate of drug-likeness (QED) is 0.861. The lowest BCUT2D eigenvalue weighted by molar-refractivity contribution is 0.0798. The number of rotatable bonds is 3. The second kappa shape index (κ2) is 4.78. The largest absolute Gasteiger partial charge is 0.314 e. The molecule has 0 unspecified atom stereocenters. The molecule has 1 aromatic heterocycles. The standard InChI is InChI=1S/C13H24N4/c1-5-17-12(8-11(2)15-17)9-16-7-6-14-10-13(16,3)4/h8,14H,5-7,9-10H2,1-4H3. The summed E-state index contributed by atoms with van der Waals surface area (Å²) >= 11 is 0. The number of nitrogens with one attached hydrogen (secondary N) is 1. The summed E-state index contributed by atoms with van der Waals surface area (Å²) in [5.74, 6) is 0. The van der Waals surface area contributed by atoms with Gasteiger partial charge >= 0.3 is 0 Å². The molecule has 1 aromatic rings. The lowest BCUT2D eigenvalue weighted by atomic mass is 10.00. The minimum Gasteiger partial charge on any atom is -0.314 e. The van der Waals surface area contributed by atoms with Crippen molar-refractivity contribution in [2.45, 2.75) is 46.3 Å². The van der Waals surface area contributed by atoms with Crippen LogP contribution in [0.3, 0.4) is 0 Å². The van der Waals surface area contributed by atoms with E-state index in [1.807, 2.05) is 0 Å². The van der Waals surface area contributed by atoms with Crippen molar-refractivity contribution in [2.24, 2.45) is 0 Å². The fourth-order valence-electron chi connectivity index (χ4n) is 2.51. The van der Waals surface area contributed by atoms with Gasteiger partial charge in [0.05, 0.1) is 11.4 Å². The lowest BCUT2D eigenvalue weighted by Gasteiger charge is -2.42. The highest BCUT2D eigenvalue weighted by Gasteiger charge is 2.29. The van der Waals surface area contributed by atoms with Gasteiger partial charge in [-0.1, -0.05) is 0 Å². The Bertz CT molecular complexity index is 381. The summed E-state index contributed by atoms with van der Waals surface area (Å²) in [6.07, 6.45) is 0. The van der Waals surface area contributed by atoms with Crippen molar-refractivity contribution >= 4 is 0 Å². The highest BCUT2D eigenvalue weighted by molar-refractivity contribution is 5.10. The minimum atomic E-state index is 0.231. The monoisotopic (exact) mass is 236 g/mol. The van der Waals surface area contributed by atoms with Crippen LogP contribution in [0.5, 0.6) is 0 Å². The van der Waals surface area contributed by atoms with Gasteiger partial charge in [-0.15, -0.1) is 0 Å². The molecule has 1 fully saturated rings. The highest BCUT2D eigenvalue weighted by Crippen LogP contribution is 2.19. The average molecular weight is 236 g/mol. The molecule has 1 aliphatic heterocycles. The molecule has 0 radical (unpaired) electrons. The van der Waals surface area contributed by atoms with E-state index in [0.29, 0.717) is 0 Å². The van der Waals surface area contributed by atoms with Crippen molar-refractivity contribution in [1.29, 1.82) is 0 Å². The molecule has 0 aliphatic carbocycles. The van der Waals surface area contributed by atoms with Crippen molar-refractivity contribution in [2.75, 3.05) is 19.6 Å². The summed E-state index contributed by atoms with van der Waals surface area (Å²) in [6.45, 7) is 14.0. The molecular weight excluding hydrogens is 212 g/mol. The normalized spacial score (nSPS) is 20.7. The Kier molecular flexibility index (Phi) is 3.54. The molecule has 1 aliphatic rings. The predicted molar refractivity (Wildman–Crippen MR) is 70.0 cm³/mol. The Morgan fingerprint density at radius 1 is 1.47 bits per heavy atom. The number of piperazine rings is 1. The molecule has 4 heteroatoms. The van der Waals surface area contributed by atoms with Crippen LogP contribution in [-0.2, 0) is 13.1 Å². The summed E-state index contributed by atoms with van der Waals surface area (Å²) in [5.41, 5.74) is 2.68. The molecule has 0 saturated carbocycles. The van der Waals surface area contributed by atoms with Crippen LogP contribution in [0.25, 0.3) is 0 Å². The van der Waals surface area contributed by atoms with Gasteiger partial charge in [-0.2, -0.15) is 5.10 Å². The summed E-state index contributed by atoms with van der Waals surface area (Å²) in [5, 5.41) is 7.98. The van der Waals surface area contributed by atoms with Gasteiger partial charge in [-0.05, 0) is 33.8 Å². The van der Waals surface area contributed by atoms with E-state index in [-0.39, 0.29) is 5.54 Å². The fourth-order valence-corrected chi connectivity index (χ4v) is 2.51. The molecule has 2 heterocycles. The molecule has 0 aromatic carbocycles. The minimum absolute atomic E-state index is 0.231. The van der Waals surface area contributed by atoms with Crippen LogP contribution in [0.2, 0.25) is 0 Å². The van der Waals surface area contributed by atoms with E-state index in [2.05, 4.69) is 53.8 Å². The topological polar surface area (TPSA) is 33.1 Å². The molecule has 0 amide bonds. The van der Waals surface area contributed by atoms with Gasteiger partial charge in [0.25, 0.3) is 0 Å². The first kappa shape index (κ1) is 12.6. The number of hydrogen-bond donors (Lipinski definition) is 1. The first-order valence-corrected chi connectivity index (χ1v) is 6.52. The van der Waals surface area contributed by atoms with E-state index in [0.717, 1.165) is 38.4 Å². The number of nitrogens with zero attached hydrogens (tertiary/aromatic N) is 3. The van der Waals surface area contributed by atoms with E-state index in [4.69, 9.17) is 0 Å². The number of aryl methyl sites for hydroxylation is 2. The Morgan fingerprint density at radius 3 is 2.88 bits per heavy atom. The Balaban J connectivity index is 2.13. The zero-order valence-electron chi connectivity index (χ0n) is 11.5. The number of hydrogen-bond acceptors (Lipinski definition) is 3. The molecule has 0 bridgehead atoms. The van der Waals surface area contributed by atoms with E-state index < -0.39 is 0 Å². The third-order valence-electron chi connectivity index (χ3n) is 3.61. The second-order valence-electron chi connectivity index (χ2n) is 5.50. The SMILES string of the molecule is CCn1nc(C)cc1CN1CCNCC1(C)C. The van der Waals surface area contributed by atoms with Crippen molar-refractivity contribution in [3.05, 3.63) is 17.5 Å². The van der Waals surface area contributed by atoms with E-state index >= 15 is 0 Å². The lowest BCUT2D eigenvalue weighted by Crippen LogP contribution is -2.57. The van der Waals surface area contributed by atoms with E-state index in [1.54, 1.807) is 0 Å². The first-order valence-electron chi connectivity index (χ1n) is 6.52. The summed E-state index contributed by atoms with van der Waals surface area (Å²) in [4.78, 5) is 2.55. The summed E-state index contributed by atoms with van der Waals surface area (Å²) in [6, 6.07) is 2.21. The molecule has 96 valence electrons. The van der Waals surface area contributed by atoms with Gasteiger partial charge in [-0.25, -0.2) is 0 Å². The number of aromatic nitrogens is 2. The second-order valence-corrected chi connectivity index (χ2v) is 5.50. The zero-order chi connectivity index (χ0) is 12.5. The van der Waals surface area contributed by atoms with Crippen molar-refractivity contribution in [3.63, 3.8) is 0 Å². The third kappa shape index (κ3) is 2.69. The van der Waals surface area contributed by atoms with Crippen molar-refractivity contribution in [1.82, 2.24) is 20.0 Å². The van der Waals surface area contributed by atoms with Gasteiger partial charge in [0.2, 0.25) is 0 Å². The summed E-state index contributed by atoms with van der Waals surface area (Å²) in [7, 11) is 0. The smallest absolute Gasteiger partial charge is 0.0597 e. The highest BCUT2D eigenvalue weighted by atomic mass is 15.3. The third-order valence-corrected chi connectivity index (χ3v) is 3.61. The van der Waals surface area contributed by atoms with Crippen LogP contribution >= 0.6 is 0 Å². The zero-order valence-corrected chi connectivity index (χ0v) is 11.5. The van der Waals surface area contributed by atoms with Gasteiger partial charge in [0, 0.05) is 38.3 Å². The maximum Gasteiger partial charge on any atom is 0.0597 e. The van der Waals surface area contributed by atoms with Crippen LogP contribution < -0.4 is 5.32 Å². The molecule has 0 spiro atoms. The molecular formula is C13H24N4. The van der Waals surface area contributed by atoms with Crippen molar-refractivity contribution in [3.8, 4) is 0 Å². The molecule has 0 atom stereocenters. The first-order chi connectivity index (χ1) is 8.03. The van der Waals surface area contributed by atoms with Gasteiger partial charge in [0.1, 0.15) is 0 Å². The fraction of sp³-hybridized carbons (Fsp3) is 0.769. The van der Waals surface area contributed by atoms with Crippen LogP contribution in [0, 0.1) is 6.92 Å². The van der Waals surface area contributed by atoms with E-state index in [1.165, 1.54) is 5.69 Å². The molecule has 17 heavy (non-hydrogen) atoms. The van der Waals surface area contributed by atoms with Crippen molar-refractivity contribution < 1.29 is 0 Å². The average Bonchev–Trinajstić information content (AvgIpc) is 2.62. The molecule has 1 saturated heterocycles. The Morgan fingerprint density at radius 2 is 2.24 bits per heavy atom. The van der Waals surface area contributed by atoms with Crippen LogP contribution in [0.15, 0.2) is 6.07 Å². The van der Waals surface area contributed by atoms with Crippen LogP contribution in [-0.4, -0.2) is 39.9 Å². The molecule has 2 rings (SSSR count).